The number of hydrogen-bond donors (Lipinski definition) is 1. The van der Waals surface area contributed by atoms with Crippen molar-refractivity contribution in [2.24, 2.45) is 5.92 Å². The Balaban J connectivity index is 2.60. The Labute approximate surface area is 104 Å². The second-order valence-corrected chi connectivity index (χ2v) is 4.48. The number of hydrogen-bond acceptors (Lipinski definition) is 2. The summed E-state index contributed by atoms with van der Waals surface area (Å²) in [6.45, 7) is 4.86. The summed E-state index contributed by atoms with van der Waals surface area (Å²) >= 11 is 3.10. The zero-order valence-corrected chi connectivity index (χ0v) is 11.1. The van der Waals surface area contributed by atoms with Gasteiger partial charge in [0.2, 0.25) is 5.91 Å². The third-order valence-electron chi connectivity index (χ3n) is 1.82. The molecule has 0 aromatic heterocycles. The summed E-state index contributed by atoms with van der Waals surface area (Å²) in [6.07, 6.45) is 0. The molecule has 4 heteroatoms. The lowest BCUT2D eigenvalue weighted by atomic mass is 10.2. The highest BCUT2D eigenvalue weighted by Crippen LogP contribution is 2.18. The molecule has 16 heavy (non-hydrogen) atoms. The first-order chi connectivity index (χ1) is 7.61. The predicted octanol–water partition coefficient (Wildman–Crippen LogP) is 3.05. The van der Waals surface area contributed by atoms with Crippen molar-refractivity contribution in [1.82, 2.24) is 0 Å². The number of nitrogens with one attached hydrogen (secondary N) is 1. The number of carbonyl (C=O) groups excluding carboxylic acids is 1. The first-order valence-corrected chi connectivity index (χ1v) is 6.32. The van der Waals surface area contributed by atoms with E-state index in [9.17, 15) is 4.79 Å². The Kier molecular flexibility index (Phi) is 5.32. The Morgan fingerprint density at radius 2 is 2.25 bits per heavy atom. The average molecular weight is 286 g/mol. The molecule has 1 aromatic carbocycles. The van der Waals surface area contributed by atoms with Gasteiger partial charge in [-0.25, -0.2) is 0 Å². The van der Waals surface area contributed by atoms with Gasteiger partial charge in [0.05, 0.1) is 11.9 Å². The molecule has 3 nitrogen and oxygen atoms in total. The topological polar surface area (TPSA) is 38.3 Å². The molecule has 1 rings (SSSR count). The maximum absolute atomic E-state index is 11.2. The maximum atomic E-state index is 11.2. The number of halogens is 1. The SMILES string of the molecule is CC(C)COc1cccc(NC(=O)CBr)c1. The summed E-state index contributed by atoms with van der Waals surface area (Å²) in [7, 11) is 0. The van der Waals surface area contributed by atoms with Crippen LogP contribution in [0.2, 0.25) is 0 Å². The summed E-state index contributed by atoms with van der Waals surface area (Å²) < 4.78 is 5.56. The van der Waals surface area contributed by atoms with E-state index in [1.807, 2.05) is 24.3 Å². The normalized spacial score (nSPS) is 10.2. The van der Waals surface area contributed by atoms with Gasteiger partial charge in [-0.3, -0.25) is 4.79 Å². The summed E-state index contributed by atoms with van der Waals surface area (Å²) in [5.41, 5.74) is 0.755. The van der Waals surface area contributed by atoms with Crippen molar-refractivity contribution < 1.29 is 9.53 Å². The molecule has 0 aliphatic heterocycles. The van der Waals surface area contributed by atoms with E-state index in [-0.39, 0.29) is 5.91 Å². The molecule has 0 spiro atoms. The van der Waals surface area contributed by atoms with Crippen LogP contribution in [0.1, 0.15) is 13.8 Å². The van der Waals surface area contributed by atoms with Crippen molar-refractivity contribution >= 4 is 27.5 Å². The van der Waals surface area contributed by atoms with Crippen LogP contribution in [0.4, 0.5) is 5.69 Å². The van der Waals surface area contributed by atoms with E-state index >= 15 is 0 Å². The van der Waals surface area contributed by atoms with Gasteiger partial charge in [0, 0.05) is 11.8 Å². The fraction of sp³-hybridized carbons (Fsp3) is 0.417. The van der Waals surface area contributed by atoms with Crippen molar-refractivity contribution in [3.63, 3.8) is 0 Å². The molecule has 0 aliphatic rings. The van der Waals surface area contributed by atoms with Crippen LogP contribution >= 0.6 is 15.9 Å². The summed E-state index contributed by atoms with van der Waals surface area (Å²) in [6, 6.07) is 7.40. The number of rotatable bonds is 5. The van der Waals surface area contributed by atoms with Gasteiger partial charge in [0.15, 0.2) is 0 Å². The quantitative estimate of drug-likeness (QED) is 0.845. The van der Waals surface area contributed by atoms with E-state index in [1.165, 1.54) is 0 Å². The average Bonchev–Trinajstić information content (AvgIpc) is 2.26. The van der Waals surface area contributed by atoms with E-state index in [0.717, 1.165) is 11.4 Å². The Morgan fingerprint density at radius 1 is 1.50 bits per heavy atom. The first kappa shape index (κ1) is 13.0. The van der Waals surface area contributed by atoms with E-state index in [2.05, 4.69) is 35.1 Å². The van der Waals surface area contributed by atoms with Gasteiger partial charge in [0.1, 0.15) is 5.75 Å². The monoisotopic (exact) mass is 285 g/mol. The smallest absolute Gasteiger partial charge is 0.235 e. The lowest BCUT2D eigenvalue weighted by Gasteiger charge is -2.10. The van der Waals surface area contributed by atoms with Gasteiger partial charge in [-0.1, -0.05) is 35.8 Å². The number of carbonyl (C=O) groups is 1. The van der Waals surface area contributed by atoms with Crippen LogP contribution in [0.3, 0.4) is 0 Å². The van der Waals surface area contributed by atoms with E-state index in [1.54, 1.807) is 0 Å². The molecule has 0 heterocycles. The highest BCUT2D eigenvalue weighted by atomic mass is 79.9. The standard InChI is InChI=1S/C12H16BrNO2/c1-9(2)8-16-11-5-3-4-10(6-11)14-12(15)7-13/h3-6,9H,7-8H2,1-2H3,(H,14,15). The van der Waals surface area contributed by atoms with Crippen LogP contribution < -0.4 is 10.1 Å². The fourth-order valence-corrected chi connectivity index (χ4v) is 1.26. The largest absolute Gasteiger partial charge is 0.493 e. The number of anilines is 1. The third kappa shape index (κ3) is 4.66. The van der Waals surface area contributed by atoms with E-state index in [4.69, 9.17) is 4.74 Å². The Hall–Kier alpha value is -1.03. The van der Waals surface area contributed by atoms with Crippen LogP contribution in [0, 0.1) is 5.92 Å². The highest BCUT2D eigenvalue weighted by molar-refractivity contribution is 9.09. The van der Waals surface area contributed by atoms with Crippen molar-refractivity contribution in [2.75, 3.05) is 17.3 Å². The van der Waals surface area contributed by atoms with Gasteiger partial charge >= 0.3 is 0 Å². The zero-order chi connectivity index (χ0) is 12.0. The molecule has 0 radical (unpaired) electrons. The van der Waals surface area contributed by atoms with Crippen LogP contribution in [0.25, 0.3) is 0 Å². The third-order valence-corrected chi connectivity index (χ3v) is 2.33. The molecule has 0 bridgehead atoms. The Bertz CT molecular complexity index is 353. The fourth-order valence-electron chi connectivity index (χ4n) is 1.12. The van der Waals surface area contributed by atoms with E-state index in [0.29, 0.717) is 17.9 Å². The number of ether oxygens (including phenoxy) is 1. The molecule has 1 N–H and O–H groups in total. The van der Waals surface area contributed by atoms with Gasteiger partial charge in [0.25, 0.3) is 0 Å². The minimum Gasteiger partial charge on any atom is -0.493 e. The predicted molar refractivity (Wildman–Crippen MR) is 69.2 cm³/mol. The van der Waals surface area contributed by atoms with Gasteiger partial charge in [-0.2, -0.15) is 0 Å². The number of alkyl halides is 1. The molecule has 0 atom stereocenters. The lowest BCUT2D eigenvalue weighted by Crippen LogP contribution is -2.12. The van der Waals surface area contributed by atoms with Gasteiger partial charge in [-0.15, -0.1) is 0 Å². The molecule has 0 saturated carbocycles. The molecule has 88 valence electrons. The second kappa shape index (κ2) is 6.53. The van der Waals surface area contributed by atoms with Crippen molar-refractivity contribution in [2.45, 2.75) is 13.8 Å². The zero-order valence-electron chi connectivity index (χ0n) is 9.50. The molecule has 0 fully saturated rings. The van der Waals surface area contributed by atoms with Gasteiger partial charge < -0.3 is 10.1 Å². The molecule has 0 unspecified atom stereocenters. The molecule has 1 amide bonds. The minimum absolute atomic E-state index is 0.0685. The summed E-state index contributed by atoms with van der Waals surface area (Å²) in [4.78, 5) is 11.2. The van der Waals surface area contributed by atoms with Crippen LogP contribution in [0.15, 0.2) is 24.3 Å². The second-order valence-electron chi connectivity index (χ2n) is 3.91. The summed E-state index contributed by atoms with van der Waals surface area (Å²) in [5, 5.41) is 3.05. The van der Waals surface area contributed by atoms with Gasteiger partial charge in [-0.05, 0) is 18.1 Å². The lowest BCUT2D eigenvalue weighted by molar-refractivity contribution is -0.113. The molecular weight excluding hydrogens is 270 g/mol. The summed E-state index contributed by atoms with van der Waals surface area (Å²) in [5.74, 6) is 1.20. The Morgan fingerprint density at radius 3 is 2.88 bits per heavy atom. The van der Waals surface area contributed by atoms with Crippen LogP contribution in [-0.2, 0) is 4.79 Å². The molecular formula is C12H16BrNO2. The minimum atomic E-state index is -0.0685. The molecule has 0 aliphatic carbocycles. The van der Waals surface area contributed by atoms with Crippen LogP contribution in [0.5, 0.6) is 5.75 Å². The van der Waals surface area contributed by atoms with Crippen molar-refractivity contribution in [3.05, 3.63) is 24.3 Å². The number of benzene rings is 1. The van der Waals surface area contributed by atoms with Crippen molar-refractivity contribution in [1.29, 1.82) is 0 Å². The van der Waals surface area contributed by atoms with E-state index < -0.39 is 0 Å². The number of amides is 1. The first-order valence-electron chi connectivity index (χ1n) is 5.20. The van der Waals surface area contributed by atoms with Crippen LogP contribution in [-0.4, -0.2) is 17.8 Å². The maximum Gasteiger partial charge on any atom is 0.235 e. The molecule has 0 saturated heterocycles. The van der Waals surface area contributed by atoms with Crippen molar-refractivity contribution in [3.8, 4) is 5.75 Å². The molecule has 1 aromatic rings. The highest BCUT2D eigenvalue weighted by Gasteiger charge is 2.02.